The van der Waals surface area contributed by atoms with Crippen molar-refractivity contribution in [1.82, 2.24) is 0 Å². The summed E-state index contributed by atoms with van der Waals surface area (Å²) in [5.74, 6) is 0.674. The zero-order valence-corrected chi connectivity index (χ0v) is 84.3. The predicted octanol–water partition coefficient (Wildman–Crippen LogP) is 36.7. The Kier molecular flexibility index (Phi) is 24.9. The zero-order chi connectivity index (χ0) is 97.0. The molecule has 144 heavy (non-hydrogen) atoms. The summed E-state index contributed by atoms with van der Waals surface area (Å²) in [7, 11) is -0.687. The maximum Gasteiger partial charge on any atom is 0.569 e. The highest BCUT2D eigenvalue weighted by Crippen LogP contribution is 2.51. The van der Waals surface area contributed by atoms with Gasteiger partial charge in [-0.2, -0.15) is 0 Å². The third-order valence-corrected chi connectivity index (χ3v) is 30.1. The standard InChI is InChI=1S/C46H28O.C24H16BO2.C22H13BrO.C17H13BO2.C16H9BrO.C6H4BrI/c1-2-13-30-26-34(25-24-29(30)12-1)44-39-21-7-5-19-37(39)43(38-20-6-8-22-40(38)44)32-15-11-16-33(27-32)45-35-17-4-3-14-31(35)28-41-36-18-9-10-23-42(36)47-46(41)45;26-25-27-24-21-11-5-3-9-19(21)23(20-10-4-6-12-22(20)24)18-14-13-16-7-1-2-8-17(16)15-18;23-16-8-5-7-15(12-16)21-17-9-2-1-6-14(17)13-19-18-10-3-4-11-20(18)24-22(19)21;19-18(20)17-14-8-4-2-6-12(14)9-15-13-7-3-1-5-11(13)10-16(15)17;17-15-11-6-2-1-5-10(11)9-13-12-7-3-4-8-14(12)18-16(13)15;7-5-2-1-3-6(8)4-5/h1-28H;1-15,26H;1-13H;1-9,19-20H,10H2;1-9H;1-4H. The average Bonchev–Trinajstić information content (AvgIpc) is 1.15. The van der Waals surface area contributed by atoms with E-state index in [1.54, 1.807) is 0 Å². The monoisotopic (exact) mass is 2150 g/mol. The van der Waals surface area contributed by atoms with Crippen LogP contribution in [-0.2, 0) is 6.42 Å². The van der Waals surface area contributed by atoms with Crippen molar-refractivity contribution in [3.63, 3.8) is 0 Å². The van der Waals surface area contributed by atoms with Crippen molar-refractivity contribution >= 4 is 264 Å². The molecule has 13 heteroatoms. The fraction of sp³-hybridized carbons (Fsp3) is 0.00763. The number of halogens is 4. The molecule has 7 nitrogen and oxygen atoms in total. The Morgan fingerprint density at radius 3 is 1.03 bits per heavy atom. The summed E-state index contributed by atoms with van der Waals surface area (Å²) in [6.07, 6.45) is 0.767. The largest absolute Gasteiger partial charge is 0.569 e. The minimum atomic E-state index is -1.44. The molecule has 3 N–H and O–H groups in total. The Balaban J connectivity index is 0.0000000993. The van der Waals surface area contributed by atoms with E-state index in [-0.39, 0.29) is 0 Å². The van der Waals surface area contributed by atoms with Gasteiger partial charge in [0.15, 0.2) is 0 Å². The molecule has 0 unspecified atom stereocenters. The van der Waals surface area contributed by atoms with E-state index < -0.39 is 7.12 Å². The fourth-order valence-corrected chi connectivity index (χ4v) is 23.7. The number of hydrogen-bond acceptors (Lipinski definition) is 7. The molecule has 1 radical (unpaired) electrons. The topological polar surface area (TPSA) is 109 Å². The van der Waals surface area contributed by atoms with Gasteiger partial charge in [0.05, 0.1) is 4.47 Å². The van der Waals surface area contributed by atoms with Gasteiger partial charge in [0.25, 0.3) is 0 Å². The summed E-state index contributed by atoms with van der Waals surface area (Å²) in [6.45, 7) is 0. The molecule has 0 atom stereocenters. The average molecular weight is 2160 g/mol. The van der Waals surface area contributed by atoms with E-state index in [2.05, 4.69) is 410 Å². The van der Waals surface area contributed by atoms with Crippen LogP contribution in [0.5, 0.6) is 5.75 Å². The highest BCUT2D eigenvalue weighted by atomic mass is 127. The maximum atomic E-state index is 9.82. The number of para-hydroxylation sites is 3. The van der Waals surface area contributed by atoms with Crippen LogP contribution >= 0.6 is 70.4 Å². The third-order valence-electron chi connectivity index (χ3n) is 27.6. The molecule has 0 saturated carbocycles. The van der Waals surface area contributed by atoms with E-state index in [9.17, 15) is 15.1 Å². The Morgan fingerprint density at radius 1 is 0.250 bits per heavy atom. The summed E-state index contributed by atoms with van der Waals surface area (Å²) >= 11 is 12.9. The second-order valence-electron chi connectivity index (χ2n) is 36.0. The van der Waals surface area contributed by atoms with Gasteiger partial charge in [-0.1, -0.05) is 414 Å². The lowest BCUT2D eigenvalue weighted by molar-refractivity contribution is 0.426. The van der Waals surface area contributed by atoms with Crippen molar-refractivity contribution in [3.05, 3.63) is 501 Å². The number of furan rings is 3. The Labute approximate surface area is 869 Å². The second kappa shape index (κ2) is 39.4. The first-order valence-electron chi connectivity index (χ1n) is 47.8. The van der Waals surface area contributed by atoms with Gasteiger partial charge < -0.3 is 33.0 Å². The number of hydrogen-bond donors (Lipinski definition) is 3. The molecule has 29 rings (SSSR count). The number of rotatable bonds is 8. The Hall–Kier alpha value is -15.5. The Bertz CT molecular complexity index is 9810. The van der Waals surface area contributed by atoms with E-state index >= 15 is 0 Å². The summed E-state index contributed by atoms with van der Waals surface area (Å²) in [6, 6.07) is 165. The molecule has 0 bridgehead atoms. The van der Waals surface area contributed by atoms with E-state index in [1.165, 1.54) is 134 Å². The van der Waals surface area contributed by atoms with E-state index in [4.69, 9.17) is 17.9 Å². The van der Waals surface area contributed by atoms with E-state index in [1.807, 2.05) is 133 Å². The smallest absolute Gasteiger partial charge is 0.537 e. The van der Waals surface area contributed by atoms with Gasteiger partial charge in [0.2, 0.25) is 0 Å². The molecule has 0 spiro atoms. The lowest BCUT2D eigenvalue weighted by Crippen LogP contribution is -2.33. The van der Waals surface area contributed by atoms with Crippen molar-refractivity contribution in [2.75, 3.05) is 0 Å². The molecule has 0 aliphatic heterocycles. The molecule has 3 aromatic heterocycles. The van der Waals surface area contributed by atoms with Gasteiger partial charge >= 0.3 is 14.8 Å². The van der Waals surface area contributed by atoms with Gasteiger partial charge in [0, 0.05) is 66.7 Å². The zero-order valence-electron chi connectivity index (χ0n) is 77.4. The molecule has 28 aromatic rings. The minimum absolute atomic E-state index is 0.648. The summed E-state index contributed by atoms with van der Waals surface area (Å²) in [5, 5.41) is 59.2. The van der Waals surface area contributed by atoms with Crippen LogP contribution in [0.4, 0.5) is 0 Å². The van der Waals surface area contributed by atoms with Crippen LogP contribution in [0.3, 0.4) is 0 Å². The van der Waals surface area contributed by atoms with Crippen molar-refractivity contribution in [1.29, 1.82) is 0 Å². The van der Waals surface area contributed by atoms with Crippen LogP contribution in [0.1, 0.15) is 11.1 Å². The SMILES string of the molecule is Brc1c2ccccc2cc2c1oc1ccccc12.Brc1cccc(-c2c3ccccc3cc3c2oc2ccccc23)c1.Brc1cccc(I)c1.OB(O)c1c2c(cc3ccccc13)-c1ccccc1C2.O[B]Oc1c2ccccc2c(-c2ccc3ccccc3c2)c2ccccc12.c1cc(-c2c3ccccc3c(-c3ccc4ccccc4c3)c3ccccc23)cc(-c2c3ccccc3cc3c2oc2ccccc23)c1. The maximum absolute atomic E-state index is 9.82. The van der Waals surface area contributed by atoms with Gasteiger partial charge in [-0.3, -0.25) is 0 Å². The normalized spacial score (nSPS) is 11.5. The van der Waals surface area contributed by atoms with Gasteiger partial charge in [-0.15, -0.1) is 0 Å². The molecule has 3 heterocycles. The first-order valence-corrected chi connectivity index (χ1v) is 51.2. The molecule has 0 amide bonds. The van der Waals surface area contributed by atoms with Gasteiger partial charge in [0.1, 0.15) is 39.2 Å². The van der Waals surface area contributed by atoms with Crippen LogP contribution in [0, 0.1) is 3.57 Å². The quantitative estimate of drug-likeness (QED) is 0.0790. The van der Waals surface area contributed by atoms with Gasteiger partial charge in [-0.05, 0) is 305 Å². The van der Waals surface area contributed by atoms with Crippen molar-refractivity contribution in [2.45, 2.75) is 6.42 Å². The van der Waals surface area contributed by atoms with Crippen LogP contribution in [0.15, 0.2) is 500 Å². The van der Waals surface area contributed by atoms with Crippen molar-refractivity contribution in [3.8, 4) is 72.5 Å². The van der Waals surface area contributed by atoms with E-state index in [0.29, 0.717) is 11.2 Å². The summed E-state index contributed by atoms with van der Waals surface area (Å²) in [5.41, 5.74) is 22.8. The number of benzene rings is 25. The number of fused-ring (bicyclic) bond motifs is 22. The highest BCUT2D eigenvalue weighted by Gasteiger charge is 2.30. The molecular formula is C131H83B2Br3IO7. The van der Waals surface area contributed by atoms with Crippen LogP contribution in [0.2, 0.25) is 0 Å². The Morgan fingerprint density at radius 2 is 0.583 bits per heavy atom. The van der Waals surface area contributed by atoms with Crippen LogP contribution in [0.25, 0.3) is 240 Å². The third kappa shape index (κ3) is 17.1. The predicted molar refractivity (Wildman–Crippen MR) is 625 cm³/mol. The second-order valence-corrected chi connectivity index (χ2v) is 39.9. The molecule has 683 valence electrons. The molecular weight excluding hydrogens is 2070 g/mol. The lowest BCUT2D eigenvalue weighted by Gasteiger charge is -2.18. The molecule has 1 aliphatic carbocycles. The lowest BCUT2D eigenvalue weighted by atomic mass is 9.72. The minimum Gasteiger partial charge on any atom is -0.537 e. The van der Waals surface area contributed by atoms with E-state index in [0.717, 1.165) is 148 Å². The van der Waals surface area contributed by atoms with Crippen molar-refractivity contribution < 1.29 is 33.0 Å². The molecule has 1 aliphatic rings. The van der Waals surface area contributed by atoms with Gasteiger partial charge in [-0.25, -0.2) is 0 Å². The molecule has 0 fully saturated rings. The van der Waals surface area contributed by atoms with Crippen LogP contribution in [-0.4, -0.2) is 29.9 Å². The molecule has 0 saturated heterocycles. The summed E-state index contributed by atoms with van der Waals surface area (Å²) in [4.78, 5) is 0. The fourth-order valence-electron chi connectivity index (χ4n) is 21.3. The van der Waals surface area contributed by atoms with Crippen LogP contribution < -0.4 is 10.1 Å². The first kappa shape index (κ1) is 91.0. The summed E-state index contributed by atoms with van der Waals surface area (Å²) < 4.78 is 28.9. The van der Waals surface area contributed by atoms with Crippen molar-refractivity contribution in [2.24, 2.45) is 0 Å². The first-order chi connectivity index (χ1) is 70.9. The highest BCUT2D eigenvalue weighted by molar-refractivity contribution is 14.1. The molecule has 25 aromatic carbocycles.